The van der Waals surface area contributed by atoms with Crippen molar-refractivity contribution in [1.82, 2.24) is 14.5 Å². The predicted molar refractivity (Wildman–Crippen MR) is 83.4 cm³/mol. The van der Waals surface area contributed by atoms with Gasteiger partial charge >= 0.3 is 4.87 Å². The lowest BCUT2D eigenvalue weighted by Crippen LogP contribution is -2.53. The van der Waals surface area contributed by atoms with E-state index in [1.165, 1.54) is 0 Å². The summed E-state index contributed by atoms with van der Waals surface area (Å²) in [6.07, 6.45) is 2.48. The minimum Gasteiger partial charge on any atom is -0.463 e. The smallest absolute Gasteiger partial charge is 0.312 e. The minimum atomic E-state index is -2.20. The number of fused-ring (bicyclic) bond motifs is 1. The molecule has 1 aliphatic rings. The average molecular weight is 354 g/mol. The topological polar surface area (TPSA) is 153 Å². The van der Waals surface area contributed by atoms with Crippen LogP contribution >= 0.6 is 11.3 Å². The second kappa shape index (κ2) is 6.00. The van der Waals surface area contributed by atoms with Gasteiger partial charge in [-0.25, -0.2) is 4.57 Å². The van der Waals surface area contributed by atoms with Crippen molar-refractivity contribution < 1.29 is 24.8 Å². The number of nitrogen functional groups attached to an aromatic ring is 1. The molecular weight excluding hydrogens is 340 g/mol. The third-order valence-electron chi connectivity index (χ3n) is 3.65. The molecule has 0 unspecified atom stereocenters. The summed E-state index contributed by atoms with van der Waals surface area (Å²) in [5, 5.41) is 30.4. The molecule has 11 heteroatoms. The van der Waals surface area contributed by atoms with E-state index in [9.17, 15) is 20.1 Å². The van der Waals surface area contributed by atoms with Crippen molar-refractivity contribution in [2.75, 3.05) is 25.6 Å². The van der Waals surface area contributed by atoms with Gasteiger partial charge in [0.1, 0.15) is 16.9 Å². The van der Waals surface area contributed by atoms with E-state index in [0.717, 1.165) is 4.57 Å². The van der Waals surface area contributed by atoms with E-state index in [0.29, 0.717) is 11.3 Å². The molecule has 0 aliphatic carbocycles. The van der Waals surface area contributed by atoms with Crippen molar-refractivity contribution in [2.45, 2.75) is 17.9 Å². The van der Waals surface area contributed by atoms with Gasteiger partial charge in [0.2, 0.25) is 17.6 Å². The molecule has 0 spiro atoms. The minimum absolute atomic E-state index is 0.00569. The predicted octanol–water partition coefficient (Wildman–Crippen LogP) is -2.16. The number of anilines is 1. The molecule has 1 aliphatic heterocycles. The molecule has 3 rings (SSSR count). The Hall–Kier alpha value is -2.23. The van der Waals surface area contributed by atoms with E-state index in [2.05, 4.69) is 15.9 Å². The van der Waals surface area contributed by atoms with Gasteiger partial charge in [0.15, 0.2) is 12.3 Å². The lowest BCUT2D eigenvalue weighted by atomic mass is 10.0. The average Bonchev–Trinajstić information content (AvgIpc) is 3.02. The van der Waals surface area contributed by atoms with Gasteiger partial charge in [-0.1, -0.05) is 17.3 Å². The molecule has 0 saturated carbocycles. The number of nitrogens with zero attached hydrogens (tertiary/aromatic N) is 3. The fraction of sp³-hybridized carbons (Fsp3) is 0.462. The van der Waals surface area contributed by atoms with Crippen LogP contribution in [0, 0.1) is 12.3 Å². The summed E-state index contributed by atoms with van der Waals surface area (Å²) in [4.78, 5) is 19.6. The number of nitrogens with two attached hydrogens (primary N) is 1. The molecule has 1 saturated heterocycles. The van der Waals surface area contributed by atoms with Gasteiger partial charge in [0.05, 0.1) is 13.2 Å². The summed E-state index contributed by atoms with van der Waals surface area (Å²) in [6, 6.07) is 0. The Morgan fingerprint density at radius 3 is 3.00 bits per heavy atom. The number of aliphatic hydroxyl groups excluding tert-OH is 2. The zero-order valence-electron chi connectivity index (χ0n) is 12.2. The molecule has 0 aromatic carbocycles. The Morgan fingerprint density at radius 2 is 2.33 bits per heavy atom. The molecule has 1 fully saturated rings. The first-order chi connectivity index (χ1) is 11.4. The molecular formula is C13H14N4O6S. The van der Waals surface area contributed by atoms with Gasteiger partial charge in [-0.2, -0.15) is 9.97 Å². The first-order valence-corrected chi connectivity index (χ1v) is 7.63. The van der Waals surface area contributed by atoms with Crippen LogP contribution in [0.2, 0.25) is 0 Å². The highest BCUT2D eigenvalue weighted by Gasteiger charge is 2.53. The van der Waals surface area contributed by atoms with Gasteiger partial charge in [-0.15, -0.1) is 6.42 Å². The van der Waals surface area contributed by atoms with Gasteiger partial charge in [0, 0.05) is 0 Å². The number of hydrogen-bond donors (Lipinski definition) is 4. The molecule has 5 N–H and O–H groups in total. The molecule has 0 bridgehead atoms. The largest absolute Gasteiger partial charge is 0.463 e. The fourth-order valence-corrected chi connectivity index (χ4v) is 3.48. The first-order valence-electron chi connectivity index (χ1n) is 6.82. The molecule has 0 radical (unpaired) electrons. The summed E-state index contributed by atoms with van der Waals surface area (Å²) >= 11 is 0.689. The highest BCUT2D eigenvalue weighted by atomic mass is 32.1. The maximum atomic E-state index is 12.4. The molecule has 24 heavy (non-hydrogen) atoms. The summed E-state index contributed by atoms with van der Waals surface area (Å²) in [7, 11) is 0. The van der Waals surface area contributed by atoms with Gasteiger partial charge in [0.25, 0.3) is 0 Å². The van der Waals surface area contributed by atoms with E-state index >= 15 is 0 Å². The SMILES string of the molecule is C#CCOc1nc(N)nc2c1sc(=O)n2[C@@]1(O)[C@@H](O)CO[C@@H]1CO. The Morgan fingerprint density at radius 1 is 1.58 bits per heavy atom. The highest BCUT2D eigenvalue weighted by Crippen LogP contribution is 2.35. The molecule has 2 aromatic heterocycles. The van der Waals surface area contributed by atoms with E-state index in [4.69, 9.17) is 21.6 Å². The summed E-state index contributed by atoms with van der Waals surface area (Å²) < 4.78 is 11.4. The van der Waals surface area contributed by atoms with E-state index in [1.54, 1.807) is 0 Å². The number of thiazole rings is 1. The summed E-state index contributed by atoms with van der Waals surface area (Å²) in [5.74, 6) is 2.05. The van der Waals surface area contributed by atoms with E-state index in [1.807, 2.05) is 0 Å². The van der Waals surface area contributed by atoms with Gasteiger partial charge in [-0.3, -0.25) is 4.79 Å². The van der Waals surface area contributed by atoms with E-state index in [-0.39, 0.29) is 35.4 Å². The van der Waals surface area contributed by atoms with Crippen molar-refractivity contribution >= 4 is 27.6 Å². The maximum absolute atomic E-state index is 12.4. The second-order valence-electron chi connectivity index (χ2n) is 5.04. The van der Waals surface area contributed by atoms with E-state index < -0.39 is 29.4 Å². The molecule has 3 heterocycles. The normalized spacial score (nSPS) is 26.6. The summed E-state index contributed by atoms with van der Waals surface area (Å²) in [5.41, 5.74) is 3.38. The molecule has 10 nitrogen and oxygen atoms in total. The number of aliphatic hydroxyl groups is 3. The molecule has 128 valence electrons. The molecule has 3 atom stereocenters. The van der Waals surface area contributed by atoms with Crippen molar-refractivity contribution in [1.29, 1.82) is 0 Å². The Labute approximate surface area is 139 Å². The Balaban J connectivity index is 2.26. The number of hydrogen-bond acceptors (Lipinski definition) is 10. The van der Waals surface area contributed by atoms with Crippen LogP contribution in [-0.2, 0) is 10.5 Å². The fourth-order valence-electron chi connectivity index (χ4n) is 2.57. The first kappa shape index (κ1) is 16.6. The maximum Gasteiger partial charge on any atom is 0.312 e. The van der Waals surface area contributed by atoms with Crippen LogP contribution in [0.25, 0.3) is 10.3 Å². The number of terminal acetylenes is 1. The van der Waals surface area contributed by atoms with Crippen LogP contribution < -0.4 is 15.3 Å². The molecule has 0 amide bonds. The molecule has 2 aromatic rings. The Kier molecular flexibility index (Phi) is 4.16. The zero-order valence-corrected chi connectivity index (χ0v) is 13.1. The highest BCUT2D eigenvalue weighted by molar-refractivity contribution is 7.16. The van der Waals surface area contributed by atoms with Crippen molar-refractivity contribution in [3.63, 3.8) is 0 Å². The van der Waals surface area contributed by atoms with Crippen LogP contribution in [0.15, 0.2) is 4.79 Å². The third-order valence-corrected chi connectivity index (χ3v) is 4.57. The van der Waals surface area contributed by atoms with Gasteiger partial charge < -0.3 is 30.5 Å². The van der Waals surface area contributed by atoms with Crippen LogP contribution in [0.5, 0.6) is 5.88 Å². The standard InChI is InChI=1S/C13H14N4O6S/c1-2-3-22-10-8-9(15-11(14)16-10)17(12(20)24-8)13(21)6(19)5-23-7(13)4-18/h1,6-7,18-19,21H,3-5H2,(H2,14,15,16)/t6-,7+,13+/m0/s1. The van der Waals surface area contributed by atoms with Crippen molar-refractivity contribution in [3.05, 3.63) is 9.67 Å². The van der Waals surface area contributed by atoms with Crippen LogP contribution in [0.4, 0.5) is 5.95 Å². The lowest BCUT2D eigenvalue weighted by molar-refractivity contribution is -0.149. The number of ether oxygens (including phenoxy) is 2. The van der Waals surface area contributed by atoms with Crippen LogP contribution in [0.3, 0.4) is 0 Å². The van der Waals surface area contributed by atoms with Crippen LogP contribution in [-0.4, -0.2) is 61.9 Å². The van der Waals surface area contributed by atoms with Crippen molar-refractivity contribution in [3.8, 4) is 18.2 Å². The summed E-state index contributed by atoms with van der Waals surface area (Å²) in [6.45, 7) is -0.974. The van der Waals surface area contributed by atoms with Crippen molar-refractivity contribution in [2.24, 2.45) is 0 Å². The Bertz CT molecular complexity index is 874. The second-order valence-corrected chi connectivity index (χ2v) is 6.00. The quantitative estimate of drug-likeness (QED) is 0.450. The zero-order chi connectivity index (χ0) is 17.5. The third kappa shape index (κ3) is 2.32. The number of rotatable bonds is 4. The van der Waals surface area contributed by atoms with Crippen LogP contribution in [0.1, 0.15) is 0 Å². The van der Waals surface area contributed by atoms with Gasteiger partial charge in [-0.05, 0) is 0 Å². The lowest BCUT2D eigenvalue weighted by Gasteiger charge is -2.30. The monoisotopic (exact) mass is 354 g/mol. The number of aromatic nitrogens is 3.